The summed E-state index contributed by atoms with van der Waals surface area (Å²) in [6.45, 7) is 3.82. The number of aliphatic imine (C=N–C) groups is 1. The molecule has 1 aliphatic heterocycles. The van der Waals surface area contributed by atoms with Crippen LogP contribution in [-0.4, -0.2) is 39.1 Å². The molecule has 0 unspecified atom stereocenters. The van der Waals surface area contributed by atoms with Gasteiger partial charge in [-0.3, -0.25) is 0 Å². The summed E-state index contributed by atoms with van der Waals surface area (Å²) in [6, 6.07) is 12.6. The molecule has 1 atom stereocenters. The fourth-order valence-corrected chi connectivity index (χ4v) is 4.54. The lowest BCUT2D eigenvalue weighted by molar-refractivity contribution is -0.138. The molecule has 2 aromatic rings. The third-order valence-electron chi connectivity index (χ3n) is 5.22. The van der Waals surface area contributed by atoms with Gasteiger partial charge in [0.25, 0.3) is 0 Å². The first-order valence-electron chi connectivity index (χ1n) is 10.6. The minimum absolute atomic E-state index is 0.244. The molecular weight excluding hydrogens is 454 g/mol. The third-order valence-corrected chi connectivity index (χ3v) is 6.15. The van der Waals surface area contributed by atoms with Gasteiger partial charge in [0, 0.05) is 11.4 Å². The minimum atomic E-state index is -0.650. The number of amidine groups is 1. The summed E-state index contributed by atoms with van der Waals surface area (Å²) in [5.41, 5.74) is 3.25. The second-order valence-electron chi connectivity index (χ2n) is 7.24. The number of allylic oxidation sites excluding steroid dienone is 1. The lowest BCUT2D eigenvalue weighted by atomic mass is 9.96. The first-order chi connectivity index (χ1) is 16.5. The van der Waals surface area contributed by atoms with Crippen molar-refractivity contribution in [3.63, 3.8) is 0 Å². The van der Waals surface area contributed by atoms with Crippen molar-refractivity contribution in [1.29, 1.82) is 5.26 Å². The molecule has 1 N–H and O–H groups in total. The number of benzene rings is 2. The predicted molar refractivity (Wildman–Crippen MR) is 131 cm³/mol. The maximum Gasteiger partial charge on any atom is 0.338 e. The number of carbonyl (C=O) groups is 1. The maximum atomic E-state index is 12.9. The van der Waals surface area contributed by atoms with Gasteiger partial charge in [0.05, 0.1) is 45.1 Å². The zero-order chi connectivity index (χ0) is 24.7. The summed E-state index contributed by atoms with van der Waals surface area (Å²) in [6.07, 6.45) is 0. The summed E-state index contributed by atoms with van der Waals surface area (Å²) in [5, 5.41) is 13.2. The summed E-state index contributed by atoms with van der Waals surface area (Å²) < 4.78 is 21.8. The van der Waals surface area contributed by atoms with Crippen molar-refractivity contribution in [3.8, 4) is 23.3 Å². The van der Waals surface area contributed by atoms with E-state index in [1.165, 1.54) is 33.1 Å². The van der Waals surface area contributed by atoms with Gasteiger partial charge in [-0.25, -0.2) is 9.79 Å². The van der Waals surface area contributed by atoms with Crippen LogP contribution in [0.5, 0.6) is 17.2 Å². The lowest BCUT2D eigenvalue weighted by Crippen LogP contribution is -2.30. The van der Waals surface area contributed by atoms with Crippen LogP contribution in [0.4, 0.5) is 0 Å². The number of ether oxygens (including phenoxy) is 4. The van der Waals surface area contributed by atoms with Crippen LogP contribution in [-0.2, 0) is 15.3 Å². The average Bonchev–Trinajstić information content (AvgIpc) is 2.86. The Morgan fingerprint density at radius 2 is 1.82 bits per heavy atom. The molecule has 0 saturated heterocycles. The lowest BCUT2D eigenvalue weighted by Gasteiger charge is -2.26. The quantitative estimate of drug-likeness (QED) is 0.555. The summed E-state index contributed by atoms with van der Waals surface area (Å²) in [4.78, 5) is 17.7. The van der Waals surface area contributed by atoms with Crippen molar-refractivity contribution in [2.45, 2.75) is 25.6 Å². The monoisotopic (exact) mass is 481 g/mol. The topological polar surface area (TPSA) is 102 Å². The molecule has 2 aromatic carbocycles. The first-order valence-corrected chi connectivity index (χ1v) is 11.6. The van der Waals surface area contributed by atoms with Gasteiger partial charge in [-0.05, 0) is 43.2 Å². The zero-order valence-electron chi connectivity index (χ0n) is 19.8. The Hall–Kier alpha value is -3.64. The molecule has 3 rings (SSSR count). The smallest absolute Gasteiger partial charge is 0.338 e. The Kier molecular flexibility index (Phi) is 8.44. The van der Waals surface area contributed by atoms with E-state index in [1.807, 2.05) is 25.1 Å². The molecule has 0 aliphatic carbocycles. The molecule has 1 heterocycles. The van der Waals surface area contributed by atoms with Crippen molar-refractivity contribution < 1.29 is 23.7 Å². The van der Waals surface area contributed by atoms with E-state index in [2.05, 4.69) is 11.4 Å². The van der Waals surface area contributed by atoms with Gasteiger partial charge >= 0.3 is 5.97 Å². The van der Waals surface area contributed by atoms with Crippen molar-refractivity contribution in [3.05, 3.63) is 64.4 Å². The Bertz CT molecular complexity index is 1140. The number of nitrogens with one attached hydrogen (secondary N) is 1. The highest BCUT2D eigenvalue weighted by molar-refractivity contribution is 8.13. The van der Waals surface area contributed by atoms with Gasteiger partial charge in [0.15, 0.2) is 16.7 Å². The van der Waals surface area contributed by atoms with E-state index in [-0.39, 0.29) is 6.61 Å². The van der Waals surface area contributed by atoms with Crippen LogP contribution in [0.3, 0.4) is 0 Å². The molecule has 0 fully saturated rings. The summed E-state index contributed by atoms with van der Waals surface area (Å²) >= 11 is 1.45. The molecule has 9 heteroatoms. The van der Waals surface area contributed by atoms with Gasteiger partial charge in [-0.2, -0.15) is 5.26 Å². The van der Waals surface area contributed by atoms with Gasteiger partial charge in [0.1, 0.15) is 6.04 Å². The Morgan fingerprint density at radius 1 is 1.15 bits per heavy atom. The average molecular weight is 482 g/mol. The van der Waals surface area contributed by atoms with E-state index >= 15 is 0 Å². The molecule has 8 nitrogen and oxygen atoms in total. The largest absolute Gasteiger partial charge is 0.493 e. The minimum Gasteiger partial charge on any atom is -0.493 e. The predicted octanol–water partition coefficient (Wildman–Crippen LogP) is 4.35. The van der Waals surface area contributed by atoms with E-state index in [1.54, 1.807) is 25.1 Å². The molecule has 0 amide bonds. The van der Waals surface area contributed by atoms with Crippen LogP contribution in [0.2, 0.25) is 0 Å². The Balaban J connectivity index is 2.03. The molecule has 0 spiro atoms. The number of nitrogens with zero attached hydrogens (tertiary/aromatic N) is 2. The van der Waals surface area contributed by atoms with Crippen molar-refractivity contribution >= 4 is 22.9 Å². The van der Waals surface area contributed by atoms with Crippen molar-refractivity contribution in [2.75, 3.05) is 27.9 Å². The van der Waals surface area contributed by atoms with Crippen LogP contribution < -0.4 is 19.5 Å². The number of hydrogen-bond donors (Lipinski definition) is 1. The first kappa shape index (κ1) is 25.0. The third kappa shape index (κ3) is 5.29. The Labute approximate surface area is 203 Å². The number of methoxy groups -OCH3 is 3. The molecule has 0 saturated carbocycles. The van der Waals surface area contributed by atoms with Crippen LogP contribution in [0, 0.1) is 11.3 Å². The fraction of sp³-hybridized carbons (Fsp3) is 0.320. The highest BCUT2D eigenvalue weighted by atomic mass is 32.2. The van der Waals surface area contributed by atoms with Crippen molar-refractivity contribution in [1.82, 2.24) is 5.32 Å². The number of hydrogen-bond acceptors (Lipinski definition) is 9. The van der Waals surface area contributed by atoms with Crippen LogP contribution in [0.15, 0.2) is 52.7 Å². The van der Waals surface area contributed by atoms with E-state index in [4.69, 9.17) is 23.9 Å². The van der Waals surface area contributed by atoms with Gasteiger partial charge in [0.2, 0.25) is 5.75 Å². The van der Waals surface area contributed by atoms with Gasteiger partial charge < -0.3 is 24.3 Å². The number of esters is 1. The second kappa shape index (κ2) is 11.5. The molecule has 178 valence electrons. The van der Waals surface area contributed by atoms with Crippen LogP contribution >= 0.6 is 11.8 Å². The fourth-order valence-electron chi connectivity index (χ4n) is 3.60. The number of carbonyl (C=O) groups excluding carboxylic acids is 1. The van der Waals surface area contributed by atoms with E-state index in [0.29, 0.717) is 50.6 Å². The number of thioether (sulfide) groups is 1. The Morgan fingerprint density at radius 3 is 2.41 bits per heavy atom. The van der Waals surface area contributed by atoms with E-state index < -0.39 is 12.0 Å². The summed E-state index contributed by atoms with van der Waals surface area (Å²) in [5.74, 6) is 1.47. The second-order valence-corrected chi connectivity index (χ2v) is 8.20. The number of nitriles is 1. The molecule has 34 heavy (non-hydrogen) atoms. The van der Waals surface area contributed by atoms with Crippen LogP contribution in [0.1, 0.15) is 36.6 Å². The van der Waals surface area contributed by atoms with E-state index in [0.717, 1.165) is 5.56 Å². The molecular formula is C25H27N3O5S. The molecule has 1 aliphatic rings. The molecule has 0 aromatic heterocycles. The molecule has 0 bridgehead atoms. The summed E-state index contributed by atoms with van der Waals surface area (Å²) in [7, 11) is 4.60. The SMILES string of the molecule is CCOC(=O)C1=C(C)NC(SCc2ccccc2C#N)=N[C@H]1c1cc(OC)c(OC)c(OC)c1. The number of rotatable bonds is 8. The van der Waals surface area contributed by atoms with Crippen molar-refractivity contribution in [2.24, 2.45) is 4.99 Å². The van der Waals surface area contributed by atoms with Crippen LogP contribution in [0.25, 0.3) is 0 Å². The van der Waals surface area contributed by atoms with E-state index in [9.17, 15) is 10.1 Å². The molecule has 0 radical (unpaired) electrons. The standard InChI is InChI=1S/C25H27N3O5S/c1-6-33-24(29)21-15(2)27-25(34-14-17-10-8-7-9-16(17)13-26)28-22(21)18-11-19(30-3)23(32-5)20(12-18)31-4/h7-12,22H,6,14H2,1-5H3,(H,27,28)/t22-/m0/s1. The highest BCUT2D eigenvalue weighted by Gasteiger charge is 2.32. The normalized spacial score (nSPS) is 15.1. The highest BCUT2D eigenvalue weighted by Crippen LogP contribution is 2.43. The maximum absolute atomic E-state index is 12.9. The van der Waals surface area contributed by atoms with Gasteiger partial charge in [-0.15, -0.1) is 0 Å². The van der Waals surface area contributed by atoms with Gasteiger partial charge in [-0.1, -0.05) is 30.0 Å². The zero-order valence-corrected chi connectivity index (χ0v) is 20.6.